The van der Waals surface area contributed by atoms with Gasteiger partial charge in [-0.05, 0) is 26.3 Å². The first kappa shape index (κ1) is 10.6. The number of imidazole rings is 1. The lowest BCUT2D eigenvalue weighted by molar-refractivity contribution is 0.228. The maximum atomic E-state index is 5.92. The smallest absolute Gasteiger partial charge is 0.122 e. The van der Waals surface area contributed by atoms with Crippen LogP contribution >= 0.6 is 0 Å². The summed E-state index contributed by atoms with van der Waals surface area (Å²) in [7, 11) is 4.20. The van der Waals surface area contributed by atoms with Crippen LogP contribution in [0.15, 0.2) is 12.4 Å². The number of nitrogens with zero attached hydrogens (tertiary/aromatic N) is 3. The molecule has 0 spiro atoms. The van der Waals surface area contributed by atoms with Gasteiger partial charge >= 0.3 is 0 Å². The molecule has 0 radical (unpaired) electrons. The lowest BCUT2D eigenvalue weighted by Gasteiger charge is -2.23. The summed E-state index contributed by atoms with van der Waals surface area (Å²) in [4.78, 5) is 6.71. The zero-order valence-electron chi connectivity index (χ0n) is 9.56. The summed E-state index contributed by atoms with van der Waals surface area (Å²) in [6.45, 7) is 0.918. The fourth-order valence-electron chi connectivity index (χ4n) is 2.29. The molecule has 84 valence electrons. The first-order valence-electron chi connectivity index (χ1n) is 5.59. The number of hydrogen-bond acceptors (Lipinski definition) is 3. The van der Waals surface area contributed by atoms with E-state index in [-0.39, 0.29) is 0 Å². The van der Waals surface area contributed by atoms with E-state index < -0.39 is 0 Å². The number of rotatable bonds is 3. The molecule has 1 saturated carbocycles. The van der Waals surface area contributed by atoms with Crippen LogP contribution < -0.4 is 5.73 Å². The molecule has 0 amide bonds. The standard InChI is InChI=1S/C11H20N4/c1-14-6-5-13-11(14)8-15(2)10-4-3-9(12)7-10/h5-6,9-10H,3-4,7-8,12H2,1-2H3. The largest absolute Gasteiger partial charge is 0.337 e. The Balaban J connectivity index is 1.92. The van der Waals surface area contributed by atoms with Gasteiger partial charge in [0.25, 0.3) is 0 Å². The van der Waals surface area contributed by atoms with Crippen molar-refractivity contribution in [2.24, 2.45) is 12.8 Å². The maximum Gasteiger partial charge on any atom is 0.122 e. The minimum atomic E-state index is 0.402. The molecule has 2 N–H and O–H groups in total. The van der Waals surface area contributed by atoms with Crippen LogP contribution in [0.2, 0.25) is 0 Å². The second kappa shape index (κ2) is 4.33. The molecular weight excluding hydrogens is 188 g/mol. The lowest BCUT2D eigenvalue weighted by Crippen LogP contribution is -2.31. The number of hydrogen-bond donors (Lipinski definition) is 1. The summed E-state index contributed by atoms with van der Waals surface area (Å²) in [5.41, 5.74) is 5.92. The van der Waals surface area contributed by atoms with Gasteiger partial charge in [0.05, 0.1) is 6.54 Å². The Labute approximate surface area is 91.1 Å². The third-order valence-electron chi connectivity index (χ3n) is 3.38. The molecular formula is C11H20N4. The quantitative estimate of drug-likeness (QED) is 0.796. The third kappa shape index (κ3) is 2.38. The van der Waals surface area contributed by atoms with Crippen LogP contribution in [-0.2, 0) is 13.6 Å². The Morgan fingerprint density at radius 3 is 2.93 bits per heavy atom. The summed E-state index contributed by atoms with van der Waals surface area (Å²) in [6.07, 6.45) is 7.35. The van der Waals surface area contributed by atoms with Crippen molar-refractivity contribution >= 4 is 0 Å². The normalized spacial score (nSPS) is 26.4. The summed E-state index contributed by atoms with van der Waals surface area (Å²) in [5.74, 6) is 1.12. The second-order valence-corrected chi connectivity index (χ2v) is 4.60. The van der Waals surface area contributed by atoms with Crippen molar-refractivity contribution in [3.05, 3.63) is 18.2 Å². The average Bonchev–Trinajstić information content (AvgIpc) is 2.77. The molecule has 4 heteroatoms. The summed E-state index contributed by atoms with van der Waals surface area (Å²) in [6, 6.07) is 1.04. The van der Waals surface area contributed by atoms with Crippen molar-refractivity contribution in [1.29, 1.82) is 0 Å². The number of aryl methyl sites for hydroxylation is 1. The predicted molar refractivity (Wildman–Crippen MR) is 60.3 cm³/mol. The Morgan fingerprint density at radius 1 is 1.60 bits per heavy atom. The second-order valence-electron chi connectivity index (χ2n) is 4.60. The van der Waals surface area contributed by atoms with Gasteiger partial charge in [0.1, 0.15) is 5.82 Å². The third-order valence-corrected chi connectivity index (χ3v) is 3.38. The molecule has 1 aliphatic rings. The van der Waals surface area contributed by atoms with Crippen molar-refractivity contribution < 1.29 is 0 Å². The summed E-state index contributed by atoms with van der Waals surface area (Å²) >= 11 is 0. The molecule has 0 aromatic carbocycles. The summed E-state index contributed by atoms with van der Waals surface area (Å²) in [5, 5.41) is 0. The highest BCUT2D eigenvalue weighted by molar-refractivity contribution is 4.93. The van der Waals surface area contributed by atoms with Gasteiger partial charge in [-0.3, -0.25) is 4.90 Å². The van der Waals surface area contributed by atoms with Gasteiger partial charge < -0.3 is 10.3 Å². The molecule has 0 aliphatic heterocycles. The van der Waals surface area contributed by atoms with Gasteiger partial charge in [-0.25, -0.2) is 4.98 Å². The molecule has 4 nitrogen and oxygen atoms in total. The van der Waals surface area contributed by atoms with Gasteiger partial charge in [-0.2, -0.15) is 0 Å². The molecule has 1 aromatic rings. The molecule has 0 bridgehead atoms. The van der Waals surface area contributed by atoms with Crippen LogP contribution in [0.25, 0.3) is 0 Å². The molecule has 1 aromatic heterocycles. The van der Waals surface area contributed by atoms with E-state index in [1.165, 1.54) is 6.42 Å². The number of aromatic nitrogens is 2. The first-order valence-corrected chi connectivity index (χ1v) is 5.59. The predicted octanol–water partition coefficient (Wildman–Crippen LogP) is 0.732. The molecule has 2 atom stereocenters. The fourth-order valence-corrected chi connectivity index (χ4v) is 2.29. The highest BCUT2D eigenvalue weighted by Gasteiger charge is 2.25. The van der Waals surface area contributed by atoms with Gasteiger partial charge in [0.2, 0.25) is 0 Å². The van der Waals surface area contributed by atoms with Crippen LogP contribution in [0.3, 0.4) is 0 Å². The minimum Gasteiger partial charge on any atom is -0.337 e. The Morgan fingerprint density at radius 2 is 2.40 bits per heavy atom. The van der Waals surface area contributed by atoms with Crippen LogP contribution in [0.1, 0.15) is 25.1 Å². The SMILES string of the molecule is CN(Cc1nccn1C)C1CCC(N)C1. The van der Waals surface area contributed by atoms with Crippen molar-refractivity contribution in [2.45, 2.75) is 37.9 Å². The van der Waals surface area contributed by atoms with Crippen molar-refractivity contribution in [3.63, 3.8) is 0 Å². The Kier molecular flexibility index (Phi) is 3.07. The van der Waals surface area contributed by atoms with E-state index in [1.807, 2.05) is 19.4 Å². The molecule has 1 fully saturated rings. The van der Waals surface area contributed by atoms with E-state index in [1.54, 1.807) is 0 Å². The van der Waals surface area contributed by atoms with E-state index in [0.717, 1.165) is 25.2 Å². The monoisotopic (exact) mass is 208 g/mol. The maximum absolute atomic E-state index is 5.92. The van der Waals surface area contributed by atoms with E-state index in [2.05, 4.69) is 21.5 Å². The van der Waals surface area contributed by atoms with Crippen LogP contribution in [0.5, 0.6) is 0 Å². The van der Waals surface area contributed by atoms with Crippen LogP contribution in [0.4, 0.5) is 0 Å². The van der Waals surface area contributed by atoms with Gasteiger partial charge in [-0.1, -0.05) is 0 Å². The van der Waals surface area contributed by atoms with E-state index in [0.29, 0.717) is 12.1 Å². The van der Waals surface area contributed by atoms with E-state index in [4.69, 9.17) is 5.73 Å². The highest BCUT2D eigenvalue weighted by Crippen LogP contribution is 2.22. The first-order chi connectivity index (χ1) is 7.16. The van der Waals surface area contributed by atoms with Crippen LogP contribution in [-0.4, -0.2) is 33.6 Å². The molecule has 1 heterocycles. The minimum absolute atomic E-state index is 0.402. The van der Waals surface area contributed by atoms with Gasteiger partial charge in [0, 0.05) is 31.5 Å². The van der Waals surface area contributed by atoms with E-state index in [9.17, 15) is 0 Å². The average molecular weight is 208 g/mol. The molecule has 15 heavy (non-hydrogen) atoms. The van der Waals surface area contributed by atoms with E-state index >= 15 is 0 Å². The molecule has 0 saturated heterocycles. The molecule has 1 aliphatic carbocycles. The topological polar surface area (TPSA) is 47.1 Å². The zero-order valence-corrected chi connectivity index (χ0v) is 9.56. The highest BCUT2D eigenvalue weighted by atomic mass is 15.2. The fraction of sp³-hybridized carbons (Fsp3) is 0.727. The van der Waals surface area contributed by atoms with Crippen LogP contribution in [0, 0.1) is 0 Å². The van der Waals surface area contributed by atoms with Crippen molar-refractivity contribution in [1.82, 2.24) is 14.5 Å². The molecule has 2 rings (SSSR count). The van der Waals surface area contributed by atoms with Gasteiger partial charge in [0.15, 0.2) is 0 Å². The Hall–Kier alpha value is -0.870. The number of nitrogens with two attached hydrogens (primary N) is 1. The zero-order chi connectivity index (χ0) is 10.8. The van der Waals surface area contributed by atoms with Crippen molar-refractivity contribution in [3.8, 4) is 0 Å². The molecule has 2 unspecified atom stereocenters. The van der Waals surface area contributed by atoms with Crippen molar-refractivity contribution in [2.75, 3.05) is 7.05 Å². The van der Waals surface area contributed by atoms with Gasteiger partial charge in [-0.15, -0.1) is 0 Å². The lowest BCUT2D eigenvalue weighted by atomic mass is 10.2. The summed E-state index contributed by atoms with van der Waals surface area (Å²) < 4.78 is 2.07. The Bertz CT molecular complexity index is 320.